The number of thiophene rings is 1. The first-order valence-electron chi connectivity index (χ1n) is 13.0. The molecule has 4 heterocycles. The third kappa shape index (κ3) is 4.79. The second kappa shape index (κ2) is 9.95. The van der Waals surface area contributed by atoms with E-state index < -0.39 is 0 Å². The number of primary amides is 1. The topological polar surface area (TPSA) is 123 Å². The number of carbonyl (C=O) groups is 1. The summed E-state index contributed by atoms with van der Waals surface area (Å²) in [7, 11) is 1.89. The van der Waals surface area contributed by atoms with E-state index >= 15 is 0 Å². The molecule has 0 radical (unpaired) electrons. The van der Waals surface area contributed by atoms with Crippen molar-refractivity contribution in [2.24, 2.45) is 18.7 Å². The number of carbonyl (C=O) groups excluding carboxylic acids is 1. The van der Waals surface area contributed by atoms with Crippen LogP contribution in [0.1, 0.15) is 42.5 Å². The zero-order valence-electron chi connectivity index (χ0n) is 20.7. The fraction of sp³-hybridized carbons (Fsp3) is 0.600. The van der Waals surface area contributed by atoms with Gasteiger partial charge in [0.15, 0.2) is 5.82 Å². The van der Waals surface area contributed by atoms with Crippen LogP contribution in [0.4, 0.5) is 17.6 Å². The number of nitrogens with one attached hydrogen (secondary N) is 2. The summed E-state index contributed by atoms with van der Waals surface area (Å²) >= 11 is 1.71. The highest BCUT2D eigenvalue weighted by Gasteiger charge is 2.31. The minimum absolute atomic E-state index is 0.126. The maximum Gasteiger partial charge on any atom is 0.231 e. The largest absolute Gasteiger partial charge is 0.379 e. The predicted molar refractivity (Wildman–Crippen MR) is 141 cm³/mol. The lowest BCUT2D eigenvalue weighted by atomic mass is 9.86. The summed E-state index contributed by atoms with van der Waals surface area (Å²) in [5.74, 6) is 1.76. The Morgan fingerprint density at radius 2 is 1.97 bits per heavy atom. The second-order valence-electron chi connectivity index (χ2n) is 10.2. The minimum Gasteiger partial charge on any atom is -0.379 e. The van der Waals surface area contributed by atoms with Crippen molar-refractivity contribution in [2.75, 3.05) is 36.9 Å². The molecule has 0 bridgehead atoms. The first kappa shape index (κ1) is 23.6. The second-order valence-corrected chi connectivity index (χ2v) is 11.3. The van der Waals surface area contributed by atoms with Crippen LogP contribution in [0, 0.1) is 5.92 Å². The summed E-state index contributed by atoms with van der Waals surface area (Å²) < 4.78 is 7.29. The molecule has 0 aromatic carbocycles. The normalized spacial score (nSPS) is 25.0. The highest BCUT2D eigenvalue weighted by atomic mass is 32.1. The van der Waals surface area contributed by atoms with Gasteiger partial charge >= 0.3 is 0 Å². The van der Waals surface area contributed by atoms with Crippen molar-refractivity contribution in [3.8, 4) is 0 Å². The number of hydrogen-bond donors (Lipinski definition) is 3. The van der Waals surface area contributed by atoms with Crippen molar-refractivity contribution < 1.29 is 9.53 Å². The predicted octanol–water partition coefficient (Wildman–Crippen LogP) is 2.81. The van der Waals surface area contributed by atoms with E-state index in [9.17, 15) is 4.79 Å². The Balaban J connectivity index is 1.28. The Hall–Kier alpha value is -2.76. The lowest BCUT2D eigenvalue weighted by Gasteiger charge is -2.39. The van der Waals surface area contributed by atoms with Gasteiger partial charge in [-0.1, -0.05) is 0 Å². The first-order chi connectivity index (χ1) is 17.5. The summed E-state index contributed by atoms with van der Waals surface area (Å²) in [6.45, 7) is 3.78. The summed E-state index contributed by atoms with van der Waals surface area (Å²) in [5.41, 5.74) is 6.89. The molecule has 1 saturated carbocycles. The van der Waals surface area contributed by atoms with Crippen molar-refractivity contribution >= 4 is 45.0 Å². The van der Waals surface area contributed by atoms with Crippen molar-refractivity contribution in [3.63, 3.8) is 0 Å². The van der Waals surface area contributed by atoms with Crippen LogP contribution >= 0.6 is 11.3 Å². The molecule has 4 N–H and O–H groups in total. The zero-order valence-corrected chi connectivity index (χ0v) is 21.5. The van der Waals surface area contributed by atoms with Gasteiger partial charge in [-0.15, -0.1) is 11.3 Å². The highest BCUT2D eigenvalue weighted by molar-refractivity contribution is 7.19. The molecule has 11 heteroatoms. The number of hydrogen-bond acceptors (Lipinski definition) is 9. The van der Waals surface area contributed by atoms with Gasteiger partial charge in [-0.3, -0.25) is 14.4 Å². The fourth-order valence-corrected chi connectivity index (χ4v) is 7.11. The lowest BCUT2D eigenvalue weighted by Crippen LogP contribution is -2.46. The third-order valence-electron chi connectivity index (χ3n) is 7.86. The van der Waals surface area contributed by atoms with Gasteiger partial charge in [0.25, 0.3) is 0 Å². The Bertz CT molecular complexity index is 1240. The van der Waals surface area contributed by atoms with Crippen LogP contribution in [0.25, 0.3) is 10.2 Å². The Morgan fingerprint density at radius 3 is 2.69 bits per heavy atom. The average molecular weight is 511 g/mol. The van der Waals surface area contributed by atoms with E-state index in [0.717, 1.165) is 68.0 Å². The van der Waals surface area contributed by atoms with Gasteiger partial charge in [-0.2, -0.15) is 10.1 Å². The SMILES string of the molecule is Cn1ccc(Nc2nc(N[C@H]3CC[C@H](N4CCOCC4)CC3)c3c4c(sc3n2)CC[C@@H](C(N)=O)C4)n1. The molecule has 3 aliphatic rings. The minimum atomic E-state index is -0.217. The monoisotopic (exact) mass is 510 g/mol. The fourth-order valence-electron chi connectivity index (χ4n) is 5.90. The maximum atomic E-state index is 12.0. The maximum absolute atomic E-state index is 12.0. The van der Waals surface area contributed by atoms with Crippen molar-refractivity contribution in [1.82, 2.24) is 24.6 Å². The van der Waals surface area contributed by atoms with E-state index in [2.05, 4.69) is 20.6 Å². The smallest absolute Gasteiger partial charge is 0.231 e. The molecule has 3 aromatic rings. The molecule has 3 aromatic heterocycles. The molecule has 1 amide bonds. The first-order valence-corrected chi connectivity index (χ1v) is 13.8. The van der Waals surface area contributed by atoms with Gasteiger partial charge in [-0.25, -0.2) is 4.98 Å². The lowest BCUT2D eigenvalue weighted by molar-refractivity contribution is -0.122. The van der Waals surface area contributed by atoms with E-state index in [1.165, 1.54) is 23.3 Å². The van der Waals surface area contributed by atoms with Gasteiger partial charge < -0.3 is 21.1 Å². The van der Waals surface area contributed by atoms with E-state index in [1.54, 1.807) is 16.0 Å². The molecule has 1 atom stereocenters. The summed E-state index contributed by atoms with van der Waals surface area (Å²) in [5, 5.41) is 12.5. The van der Waals surface area contributed by atoms with Crippen LogP contribution in [0.2, 0.25) is 0 Å². The Morgan fingerprint density at radius 1 is 1.17 bits per heavy atom. The number of aromatic nitrogens is 4. The molecule has 10 nitrogen and oxygen atoms in total. The quantitative estimate of drug-likeness (QED) is 0.463. The molecule has 0 unspecified atom stereocenters. The van der Waals surface area contributed by atoms with Crippen LogP contribution in [-0.4, -0.2) is 68.9 Å². The van der Waals surface area contributed by atoms with E-state index in [1.807, 2.05) is 19.3 Å². The highest BCUT2D eigenvalue weighted by Crippen LogP contribution is 2.41. The number of ether oxygens (including phenoxy) is 1. The third-order valence-corrected chi connectivity index (χ3v) is 9.05. The van der Waals surface area contributed by atoms with Gasteiger partial charge in [0.2, 0.25) is 11.9 Å². The molecular formula is C25H34N8O2S. The molecule has 2 aliphatic carbocycles. The number of nitrogens with zero attached hydrogens (tertiary/aromatic N) is 5. The van der Waals surface area contributed by atoms with Gasteiger partial charge in [0.05, 0.1) is 18.6 Å². The molecule has 192 valence electrons. The molecule has 0 spiro atoms. The average Bonchev–Trinajstić information content (AvgIpc) is 3.47. The van der Waals surface area contributed by atoms with Crippen molar-refractivity contribution in [1.29, 1.82) is 0 Å². The van der Waals surface area contributed by atoms with Gasteiger partial charge in [-0.05, 0) is 50.5 Å². The molecule has 2 fully saturated rings. The summed E-state index contributed by atoms with van der Waals surface area (Å²) in [6.07, 6.45) is 8.78. The number of fused-ring (bicyclic) bond motifs is 3. The Kier molecular flexibility index (Phi) is 6.53. The van der Waals surface area contributed by atoms with Gasteiger partial charge in [0.1, 0.15) is 10.6 Å². The van der Waals surface area contributed by atoms with Crippen LogP contribution < -0.4 is 16.4 Å². The summed E-state index contributed by atoms with van der Waals surface area (Å²) in [6, 6.07) is 2.91. The number of amides is 1. The van der Waals surface area contributed by atoms with Gasteiger partial charge in [0, 0.05) is 55.3 Å². The zero-order chi connectivity index (χ0) is 24.6. The van der Waals surface area contributed by atoms with E-state index in [0.29, 0.717) is 30.3 Å². The van der Waals surface area contributed by atoms with Crippen LogP contribution in [0.3, 0.4) is 0 Å². The molecule has 36 heavy (non-hydrogen) atoms. The number of nitrogens with two attached hydrogens (primary N) is 1. The number of anilines is 3. The standard InChI is InChI=1S/C25H34N8O2S/c1-32-9-8-20(31-32)28-25-29-23(27-16-3-5-17(6-4-16)33-10-12-35-13-11-33)21-18-14-15(22(26)34)2-7-19(18)36-24(21)30-25/h8-9,15-17H,2-7,10-14H2,1H3,(H2,26,34)(H2,27,28,29,30,31)/t15-,16-,17-/m1/s1. The molecule has 6 rings (SSSR count). The van der Waals surface area contributed by atoms with E-state index in [-0.39, 0.29) is 11.8 Å². The van der Waals surface area contributed by atoms with Crippen LogP contribution in [-0.2, 0) is 29.4 Å². The van der Waals surface area contributed by atoms with Crippen LogP contribution in [0.15, 0.2) is 12.3 Å². The van der Waals surface area contributed by atoms with Crippen LogP contribution in [0.5, 0.6) is 0 Å². The Labute approximate surface area is 214 Å². The van der Waals surface area contributed by atoms with Crippen molar-refractivity contribution in [2.45, 2.75) is 57.0 Å². The van der Waals surface area contributed by atoms with E-state index in [4.69, 9.17) is 20.4 Å². The number of rotatable bonds is 6. The number of morpholine rings is 1. The summed E-state index contributed by atoms with van der Waals surface area (Å²) in [4.78, 5) is 26.6. The molecule has 1 aliphatic heterocycles. The number of aryl methyl sites for hydroxylation is 2. The molecular weight excluding hydrogens is 476 g/mol. The van der Waals surface area contributed by atoms with Crippen molar-refractivity contribution in [3.05, 3.63) is 22.7 Å². The molecule has 1 saturated heterocycles.